The van der Waals surface area contributed by atoms with E-state index in [4.69, 9.17) is 12.2 Å². The van der Waals surface area contributed by atoms with E-state index in [1.807, 2.05) is 6.08 Å². The van der Waals surface area contributed by atoms with Crippen LogP contribution in [-0.2, 0) is 0 Å². The Hall–Kier alpha value is -0.610. The maximum Gasteiger partial charge on any atom is 0.169 e. The highest BCUT2D eigenvalue weighted by atomic mass is 32.1. The Morgan fingerprint density at radius 1 is 1.64 bits per heavy atom. The Bertz CT molecular complexity index is 230. The summed E-state index contributed by atoms with van der Waals surface area (Å²) >= 11 is 5.31. The molecule has 2 aliphatic rings. The van der Waals surface area contributed by atoms with Gasteiger partial charge in [-0.05, 0) is 24.6 Å². The van der Waals surface area contributed by atoms with Gasteiger partial charge in [-0.1, -0.05) is 6.08 Å². The highest BCUT2D eigenvalue weighted by Crippen LogP contribution is 2.21. The molecule has 2 aliphatic heterocycles. The van der Waals surface area contributed by atoms with Crippen molar-refractivity contribution < 1.29 is 0 Å². The van der Waals surface area contributed by atoms with Crippen molar-refractivity contribution in [2.75, 3.05) is 26.2 Å². The van der Waals surface area contributed by atoms with Crippen LogP contribution < -0.4 is 10.6 Å². The first-order valence-electron chi connectivity index (χ1n) is 5.16. The molecule has 0 spiro atoms. The summed E-state index contributed by atoms with van der Waals surface area (Å²) in [6, 6.07) is 0.650. The summed E-state index contributed by atoms with van der Waals surface area (Å²) in [6.07, 6.45) is 3.16. The van der Waals surface area contributed by atoms with Gasteiger partial charge in [0.2, 0.25) is 0 Å². The molecule has 14 heavy (non-hydrogen) atoms. The second-order valence-electron chi connectivity index (χ2n) is 4.09. The SMILES string of the molecule is C=CCNC(=S)N1CC2CNC(C2)C1. The van der Waals surface area contributed by atoms with Crippen molar-refractivity contribution in [2.45, 2.75) is 12.5 Å². The van der Waals surface area contributed by atoms with Crippen LogP contribution in [0.1, 0.15) is 6.42 Å². The first kappa shape index (κ1) is 9.93. The summed E-state index contributed by atoms with van der Waals surface area (Å²) in [5.41, 5.74) is 0. The van der Waals surface area contributed by atoms with Crippen LogP contribution in [0.2, 0.25) is 0 Å². The summed E-state index contributed by atoms with van der Waals surface area (Å²) in [4.78, 5) is 2.28. The molecule has 0 saturated carbocycles. The van der Waals surface area contributed by atoms with E-state index in [-0.39, 0.29) is 0 Å². The molecule has 78 valence electrons. The molecule has 3 nitrogen and oxygen atoms in total. The van der Waals surface area contributed by atoms with Crippen molar-refractivity contribution in [1.82, 2.24) is 15.5 Å². The third-order valence-electron chi connectivity index (χ3n) is 2.92. The van der Waals surface area contributed by atoms with Gasteiger partial charge < -0.3 is 15.5 Å². The summed E-state index contributed by atoms with van der Waals surface area (Å²) in [7, 11) is 0. The molecule has 4 heteroatoms. The molecule has 2 unspecified atom stereocenters. The fourth-order valence-corrected chi connectivity index (χ4v) is 2.50. The van der Waals surface area contributed by atoms with E-state index in [1.54, 1.807) is 0 Å². The van der Waals surface area contributed by atoms with E-state index in [0.717, 1.165) is 37.2 Å². The summed E-state index contributed by atoms with van der Waals surface area (Å²) in [6.45, 7) is 7.75. The van der Waals surface area contributed by atoms with Crippen LogP contribution in [0.3, 0.4) is 0 Å². The zero-order valence-corrected chi connectivity index (χ0v) is 9.15. The fourth-order valence-electron chi connectivity index (χ4n) is 2.27. The molecular weight excluding hydrogens is 194 g/mol. The third-order valence-corrected chi connectivity index (χ3v) is 3.32. The lowest BCUT2D eigenvalue weighted by atomic mass is 10.0. The third kappa shape index (κ3) is 2.07. The van der Waals surface area contributed by atoms with Gasteiger partial charge in [-0.15, -0.1) is 6.58 Å². The second kappa shape index (κ2) is 4.28. The molecule has 2 heterocycles. The molecule has 2 atom stereocenters. The Labute approximate surface area is 90.5 Å². The van der Waals surface area contributed by atoms with Gasteiger partial charge in [0.15, 0.2) is 5.11 Å². The van der Waals surface area contributed by atoms with Crippen LogP contribution in [0.25, 0.3) is 0 Å². The van der Waals surface area contributed by atoms with E-state index in [9.17, 15) is 0 Å². The lowest BCUT2D eigenvalue weighted by molar-refractivity contribution is 0.285. The number of nitrogens with one attached hydrogen (secondary N) is 2. The molecule has 0 radical (unpaired) electrons. The van der Waals surface area contributed by atoms with Crippen molar-refractivity contribution in [3.8, 4) is 0 Å². The molecule has 2 rings (SSSR count). The molecule has 2 fully saturated rings. The van der Waals surface area contributed by atoms with Crippen LogP contribution >= 0.6 is 12.2 Å². The Morgan fingerprint density at radius 3 is 3.21 bits per heavy atom. The Morgan fingerprint density at radius 2 is 2.50 bits per heavy atom. The molecule has 0 aromatic rings. The molecular formula is C10H17N3S. The van der Waals surface area contributed by atoms with Crippen LogP contribution in [0.5, 0.6) is 0 Å². The first-order valence-corrected chi connectivity index (χ1v) is 5.57. The number of piperidine rings is 1. The molecule has 2 N–H and O–H groups in total. The second-order valence-corrected chi connectivity index (χ2v) is 4.47. The van der Waals surface area contributed by atoms with E-state index < -0.39 is 0 Å². The molecule has 0 aromatic heterocycles. The first-order chi connectivity index (χ1) is 6.79. The number of likely N-dealkylation sites (tertiary alicyclic amines) is 1. The maximum atomic E-state index is 5.31. The normalized spacial score (nSPS) is 30.1. The lowest BCUT2D eigenvalue weighted by Crippen LogP contribution is -2.48. The van der Waals surface area contributed by atoms with E-state index in [0.29, 0.717) is 6.04 Å². The summed E-state index contributed by atoms with van der Waals surface area (Å²) in [5.74, 6) is 0.789. The van der Waals surface area contributed by atoms with Crippen molar-refractivity contribution >= 4 is 17.3 Å². The lowest BCUT2D eigenvalue weighted by Gasteiger charge is -2.33. The van der Waals surface area contributed by atoms with Gasteiger partial charge in [0.25, 0.3) is 0 Å². The van der Waals surface area contributed by atoms with Crippen molar-refractivity contribution in [3.05, 3.63) is 12.7 Å². The highest BCUT2D eigenvalue weighted by molar-refractivity contribution is 7.80. The highest BCUT2D eigenvalue weighted by Gasteiger charge is 2.33. The maximum absolute atomic E-state index is 5.31. The van der Waals surface area contributed by atoms with Gasteiger partial charge in [0, 0.05) is 32.2 Å². The number of fused-ring (bicyclic) bond motifs is 2. The molecule has 0 amide bonds. The standard InChI is InChI=1S/C10H17N3S/c1-2-3-11-10(14)13-6-8-4-9(7-13)12-5-8/h2,8-9,12H,1,3-7H2,(H,11,14). The van der Waals surface area contributed by atoms with Crippen molar-refractivity contribution in [3.63, 3.8) is 0 Å². The van der Waals surface area contributed by atoms with Crippen LogP contribution in [-0.4, -0.2) is 42.2 Å². The van der Waals surface area contributed by atoms with Gasteiger partial charge in [-0.25, -0.2) is 0 Å². The summed E-state index contributed by atoms with van der Waals surface area (Å²) < 4.78 is 0. The number of rotatable bonds is 2. The van der Waals surface area contributed by atoms with Gasteiger partial charge in [-0.3, -0.25) is 0 Å². The fraction of sp³-hybridized carbons (Fsp3) is 0.700. The minimum Gasteiger partial charge on any atom is -0.359 e. The van der Waals surface area contributed by atoms with Crippen molar-refractivity contribution in [1.29, 1.82) is 0 Å². The van der Waals surface area contributed by atoms with Gasteiger partial charge in [0.05, 0.1) is 0 Å². The van der Waals surface area contributed by atoms with Gasteiger partial charge in [0.1, 0.15) is 0 Å². The topological polar surface area (TPSA) is 27.3 Å². The van der Waals surface area contributed by atoms with E-state index >= 15 is 0 Å². The monoisotopic (exact) mass is 211 g/mol. The van der Waals surface area contributed by atoms with Gasteiger partial charge in [-0.2, -0.15) is 0 Å². The molecule has 2 saturated heterocycles. The molecule has 0 aliphatic carbocycles. The smallest absolute Gasteiger partial charge is 0.169 e. The summed E-state index contributed by atoms with van der Waals surface area (Å²) in [5, 5.41) is 7.57. The number of nitrogens with zero attached hydrogens (tertiary/aromatic N) is 1. The van der Waals surface area contributed by atoms with E-state index in [2.05, 4.69) is 22.1 Å². The van der Waals surface area contributed by atoms with Crippen LogP contribution in [0.4, 0.5) is 0 Å². The minimum atomic E-state index is 0.650. The zero-order valence-electron chi connectivity index (χ0n) is 8.33. The number of hydrogen-bond donors (Lipinski definition) is 2. The van der Waals surface area contributed by atoms with Crippen molar-refractivity contribution in [2.24, 2.45) is 5.92 Å². The molecule has 2 bridgehead atoms. The minimum absolute atomic E-state index is 0.650. The van der Waals surface area contributed by atoms with E-state index in [1.165, 1.54) is 6.42 Å². The Balaban J connectivity index is 1.86. The molecule has 0 aromatic carbocycles. The Kier molecular flexibility index (Phi) is 3.03. The van der Waals surface area contributed by atoms with Gasteiger partial charge >= 0.3 is 0 Å². The zero-order chi connectivity index (χ0) is 9.97. The largest absolute Gasteiger partial charge is 0.359 e. The van der Waals surface area contributed by atoms with Crippen LogP contribution in [0.15, 0.2) is 12.7 Å². The number of thiocarbonyl (C=S) groups is 1. The average molecular weight is 211 g/mol. The quantitative estimate of drug-likeness (QED) is 0.509. The number of hydrogen-bond acceptors (Lipinski definition) is 2. The predicted octanol–water partition coefficient (Wildman–Crippen LogP) is 0.341. The van der Waals surface area contributed by atoms with Crippen LogP contribution in [0, 0.1) is 5.92 Å². The average Bonchev–Trinajstić information content (AvgIpc) is 2.54. The predicted molar refractivity (Wildman–Crippen MR) is 62.3 cm³/mol.